The quantitative estimate of drug-likeness (QED) is 0.147. The van der Waals surface area contributed by atoms with Crippen molar-refractivity contribution in [2.45, 2.75) is 19.4 Å². The van der Waals surface area contributed by atoms with Gasteiger partial charge in [-0.25, -0.2) is 9.18 Å². The lowest BCUT2D eigenvalue weighted by molar-refractivity contribution is -0.128. The third kappa shape index (κ3) is 6.26. The van der Waals surface area contributed by atoms with E-state index in [0.717, 1.165) is 22.3 Å². The third-order valence-electron chi connectivity index (χ3n) is 6.73. The van der Waals surface area contributed by atoms with Gasteiger partial charge >= 0.3 is 5.97 Å². The van der Waals surface area contributed by atoms with Gasteiger partial charge in [0.05, 0.1) is 13.0 Å². The number of aryl methyl sites for hydroxylation is 1. The average molecular weight is 563 g/mol. The maximum Gasteiger partial charge on any atom is 0.336 e. The molecule has 4 aromatic rings. The van der Waals surface area contributed by atoms with Crippen molar-refractivity contribution < 1.29 is 28.1 Å². The van der Waals surface area contributed by atoms with Gasteiger partial charge in [0, 0.05) is 17.7 Å². The molecule has 210 valence electrons. The van der Waals surface area contributed by atoms with Gasteiger partial charge in [-0.3, -0.25) is 0 Å². The summed E-state index contributed by atoms with van der Waals surface area (Å²) in [5.74, 6) is 0.0710. The molecule has 4 aromatic carbocycles. The van der Waals surface area contributed by atoms with Crippen LogP contribution in [0.3, 0.4) is 0 Å². The molecule has 8 heteroatoms. The molecule has 0 bridgehead atoms. The van der Waals surface area contributed by atoms with Gasteiger partial charge in [0.1, 0.15) is 35.6 Å². The standard InChI is InChI=1S/C34H27FN2O5/c1-21-3-5-22(6-4-21)9-16-32(38)41-26-13-14-27-30(18-26)42-34(37)28(19-36)33(27)24-10-15-29(31(17-24)39-2)40-20-23-7-11-25(35)12-8-23/h3-18,33H,20,37H2,1-2H3/b16-9+. The highest BCUT2D eigenvalue weighted by molar-refractivity contribution is 5.88. The van der Waals surface area contributed by atoms with Gasteiger partial charge in [-0.05, 0) is 60.0 Å². The number of nitrogens with zero attached hydrogens (tertiary/aromatic N) is 1. The van der Waals surface area contributed by atoms with E-state index >= 15 is 0 Å². The van der Waals surface area contributed by atoms with Gasteiger partial charge in [-0.15, -0.1) is 0 Å². The number of rotatable bonds is 8. The molecule has 1 aliphatic rings. The largest absolute Gasteiger partial charge is 0.493 e. The van der Waals surface area contributed by atoms with Crippen LogP contribution in [0.15, 0.2) is 102 Å². The molecule has 0 aromatic heterocycles. The van der Waals surface area contributed by atoms with Gasteiger partial charge in [-0.1, -0.05) is 54.1 Å². The number of benzene rings is 4. The Morgan fingerprint density at radius 1 is 1.02 bits per heavy atom. The summed E-state index contributed by atoms with van der Waals surface area (Å²) in [6.07, 6.45) is 3.02. The molecule has 0 saturated heterocycles. The van der Waals surface area contributed by atoms with Crippen LogP contribution in [0, 0.1) is 24.1 Å². The maximum atomic E-state index is 13.2. The monoisotopic (exact) mass is 562 g/mol. The molecule has 0 spiro atoms. The van der Waals surface area contributed by atoms with Crippen LogP contribution < -0.4 is 24.7 Å². The Morgan fingerprint density at radius 3 is 2.50 bits per heavy atom. The highest BCUT2D eigenvalue weighted by Crippen LogP contribution is 2.45. The first kappa shape index (κ1) is 28.0. The fourth-order valence-corrected chi connectivity index (χ4v) is 4.56. The summed E-state index contributed by atoms with van der Waals surface area (Å²) < 4.78 is 36.0. The highest BCUT2D eigenvalue weighted by atomic mass is 19.1. The zero-order valence-corrected chi connectivity index (χ0v) is 23.0. The molecule has 0 radical (unpaired) electrons. The third-order valence-corrected chi connectivity index (χ3v) is 6.73. The van der Waals surface area contributed by atoms with E-state index in [-0.39, 0.29) is 29.6 Å². The van der Waals surface area contributed by atoms with E-state index in [2.05, 4.69) is 6.07 Å². The van der Waals surface area contributed by atoms with Crippen molar-refractivity contribution in [2.75, 3.05) is 7.11 Å². The van der Waals surface area contributed by atoms with Crippen LogP contribution in [-0.2, 0) is 11.4 Å². The molecule has 0 saturated carbocycles. The lowest BCUT2D eigenvalue weighted by Gasteiger charge is -2.27. The minimum Gasteiger partial charge on any atom is -0.493 e. The van der Waals surface area contributed by atoms with Crippen LogP contribution in [0.5, 0.6) is 23.0 Å². The number of esters is 1. The Morgan fingerprint density at radius 2 is 1.79 bits per heavy atom. The van der Waals surface area contributed by atoms with Crippen molar-refractivity contribution in [3.8, 4) is 29.1 Å². The summed E-state index contributed by atoms with van der Waals surface area (Å²) in [6.45, 7) is 2.21. The van der Waals surface area contributed by atoms with Crippen molar-refractivity contribution in [2.24, 2.45) is 5.73 Å². The van der Waals surface area contributed by atoms with Crippen molar-refractivity contribution >= 4 is 12.0 Å². The second-order valence-corrected chi connectivity index (χ2v) is 9.61. The molecule has 0 aliphatic carbocycles. The zero-order valence-electron chi connectivity index (χ0n) is 23.0. The summed E-state index contributed by atoms with van der Waals surface area (Å²) >= 11 is 0. The summed E-state index contributed by atoms with van der Waals surface area (Å²) in [5.41, 5.74) is 10.6. The Balaban J connectivity index is 1.38. The molecular weight excluding hydrogens is 535 g/mol. The number of fused-ring (bicyclic) bond motifs is 1. The van der Waals surface area contributed by atoms with E-state index in [1.807, 2.05) is 37.3 Å². The topological polar surface area (TPSA) is 104 Å². The molecule has 5 rings (SSSR count). The van der Waals surface area contributed by atoms with E-state index in [0.29, 0.717) is 22.8 Å². The van der Waals surface area contributed by atoms with Gasteiger partial charge in [0.15, 0.2) is 11.5 Å². The van der Waals surface area contributed by atoms with Gasteiger partial charge < -0.3 is 24.7 Å². The van der Waals surface area contributed by atoms with Crippen LogP contribution in [0.25, 0.3) is 6.08 Å². The number of carbonyl (C=O) groups is 1. The number of methoxy groups -OCH3 is 1. The van der Waals surface area contributed by atoms with Crippen LogP contribution in [0.2, 0.25) is 0 Å². The normalized spacial score (nSPS) is 14.1. The van der Waals surface area contributed by atoms with Crippen molar-refractivity contribution in [1.29, 1.82) is 5.26 Å². The second kappa shape index (κ2) is 12.3. The summed E-state index contributed by atoms with van der Waals surface area (Å²) in [5, 5.41) is 9.94. The van der Waals surface area contributed by atoms with E-state index in [4.69, 9.17) is 24.7 Å². The van der Waals surface area contributed by atoms with Crippen molar-refractivity contribution in [3.05, 3.63) is 136 Å². The number of halogens is 1. The number of hydrogen-bond donors (Lipinski definition) is 1. The van der Waals surface area contributed by atoms with E-state index < -0.39 is 11.9 Å². The highest BCUT2D eigenvalue weighted by Gasteiger charge is 2.31. The smallest absolute Gasteiger partial charge is 0.336 e. The fourth-order valence-electron chi connectivity index (χ4n) is 4.56. The zero-order chi connectivity index (χ0) is 29.6. The fraction of sp³-hybridized carbons (Fsp3) is 0.118. The Kier molecular flexibility index (Phi) is 8.21. The maximum absolute atomic E-state index is 13.2. The van der Waals surface area contributed by atoms with Crippen LogP contribution in [0.1, 0.15) is 33.7 Å². The van der Waals surface area contributed by atoms with Gasteiger partial charge in [-0.2, -0.15) is 5.26 Å². The first-order valence-electron chi connectivity index (χ1n) is 13.1. The first-order valence-corrected chi connectivity index (χ1v) is 13.1. The Bertz CT molecular complexity index is 1720. The number of nitriles is 1. The first-order chi connectivity index (χ1) is 20.3. The molecule has 7 nitrogen and oxygen atoms in total. The molecule has 1 aliphatic heterocycles. The molecular formula is C34H27FN2O5. The molecule has 42 heavy (non-hydrogen) atoms. The SMILES string of the molecule is COc1cc(C2C(C#N)=C(N)Oc3cc(OC(=O)/C=C/c4ccc(C)cc4)ccc32)ccc1OCc1ccc(F)cc1. The Hall–Kier alpha value is -5.55. The molecule has 2 N–H and O–H groups in total. The summed E-state index contributed by atoms with van der Waals surface area (Å²) in [4.78, 5) is 12.5. The van der Waals surface area contributed by atoms with Gasteiger partial charge in [0.2, 0.25) is 5.88 Å². The molecule has 1 atom stereocenters. The van der Waals surface area contributed by atoms with Crippen LogP contribution in [-0.4, -0.2) is 13.1 Å². The molecule has 0 fully saturated rings. The van der Waals surface area contributed by atoms with Crippen molar-refractivity contribution in [1.82, 2.24) is 0 Å². The molecule has 1 heterocycles. The molecule has 0 amide bonds. The molecule has 1 unspecified atom stereocenters. The van der Waals surface area contributed by atoms with Crippen molar-refractivity contribution in [3.63, 3.8) is 0 Å². The van der Waals surface area contributed by atoms with E-state index in [1.54, 1.807) is 48.5 Å². The van der Waals surface area contributed by atoms with Crippen LogP contribution >= 0.6 is 0 Å². The van der Waals surface area contributed by atoms with Crippen LogP contribution in [0.4, 0.5) is 4.39 Å². The number of carbonyl (C=O) groups excluding carboxylic acids is 1. The van der Waals surface area contributed by atoms with E-state index in [9.17, 15) is 14.4 Å². The second-order valence-electron chi connectivity index (χ2n) is 9.61. The lowest BCUT2D eigenvalue weighted by Crippen LogP contribution is -2.21. The number of nitrogens with two attached hydrogens (primary N) is 1. The van der Waals surface area contributed by atoms with Gasteiger partial charge in [0.25, 0.3) is 0 Å². The summed E-state index contributed by atoms with van der Waals surface area (Å²) in [7, 11) is 1.52. The predicted molar refractivity (Wildman–Crippen MR) is 155 cm³/mol. The van der Waals surface area contributed by atoms with E-state index in [1.165, 1.54) is 25.3 Å². The minimum absolute atomic E-state index is 0.0478. The predicted octanol–water partition coefficient (Wildman–Crippen LogP) is 6.56. The average Bonchev–Trinajstić information content (AvgIpc) is 2.99. The summed E-state index contributed by atoms with van der Waals surface area (Å²) in [6, 6.07) is 26.2. The number of hydrogen-bond acceptors (Lipinski definition) is 7. The number of allylic oxidation sites excluding steroid dienone is 1. The Labute approximate surface area is 242 Å². The number of ether oxygens (including phenoxy) is 4. The minimum atomic E-state index is -0.565. The lowest BCUT2D eigenvalue weighted by atomic mass is 9.83.